The summed E-state index contributed by atoms with van der Waals surface area (Å²) in [5.74, 6) is 1.27. The van der Waals surface area contributed by atoms with Crippen molar-refractivity contribution in [3.63, 3.8) is 0 Å². The Morgan fingerprint density at radius 2 is 2.11 bits per heavy atom. The molecule has 0 saturated heterocycles. The molecule has 0 saturated carbocycles. The predicted molar refractivity (Wildman–Crippen MR) is 74.9 cm³/mol. The Labute approximate surface area is 118 Å². The van der Waals surface area contributed by atoms with Gasteiger partial charge in [0.25, 0.3) is 0 Å². The van der Waals surface area contributed by atoms with E-state index in [9.17, 15) is 4.79 Å². The number of carbonyl (C=O) groups excluding carboxylic acids is 1. The van der Waals surface area contributed by atoms with Gasteiger partial charge in [-0.2, -0.15) is 0 Å². The van der Waals surface area contributed by atoms with E-state index >= 15 is 0 Å². The average Bonchev–Trinajstić information content (AvgIpc) is 2.68. The van der Waals surface area contributed by atoms with Crippen LogP contribution in [-0.2, 0) is 7.05 Å². The minimum atomic E-state index is 0.0770. The topological polar surface area (TPSA) is 47.8 Å². The highest BCUT2D eigenvalue weighted by atomic mass is 79.9. The van der Waals surface area contributed by atoms with Crippen molar-refractivity contribution in [1.29, 1.82) is 0 Å². The van der Waals surface area contributed by atoms with Gasteiger partial charge in [-0.1, -0.05) is 45.9 Å². The molecule has 0 N–H and O–H groups in total. The van der Waals surface area contributed by atoms with Crippen LogP contribution in [0.5, 0.6) is 0 Å². The third kappa shape index (κ3) is 2.81. The first-order valence-corrected chi connectivity index (χ1v) is 7.14. The maximum Gasteiger partial charge on any atom is 0.191 e. The summed E-state index contributed by atoms with van der Waals surface area (Å²) >= 11 is 4.78. The minimum Gasteiger partial charge on any atom is -0.309 e. The quantitative estimate of drug-likeness (QED) is 0.640. The number of Topliss-reactive ketones (excluding diaryl/α,β-unsaturated/α-hetero) is 1. The molecule has 0 radical (unpaired) electrons. The second kappa shape index (κ2) is 5.67. The molecule has 2 rings (SSSR count). The van der Waals surface area contributed by atoms with Gasteiger partial charge in [-0.25, -0.2) is 0 Å². The van der Waals surface area contributed by atoms with Crippen LogP contribution in [0.15, 0.2) is 33.9 Å². The van der Waals surface area contributed by atoms with Crippen molar-refractivity contribution in [3.8, 4) is 0 Å². The smallest absolute Gasteiger partial charge is 0.191 e. The fourth-order valence-electron chi connectivity index (χ4n) is 1.41. The molecule has 6 heteroatoms. The van der Waals surface area contributed by atoms with E-state index in [0.717, 1.165) is 15.5 Å². The van der Waals surface area contributed by atoms with E-state index in [4.69, 9.17) is 0 Å². The number of nitrogens with zero attached hydrogens (tertiary/aromatic N) is 3. The van der Waals surface area contributed by atoms with Crippen LogP contribution >= 0.6 is 27.7 Å². The van der Waals surface area contributed by atoms with Gasteiger partial charge in [0.05, 0.1) is 5.75 Å². The van der Waals surface area contributed by atoms with Gasteiger partial charge in [0, 0.05) is 17.1 Å². The Hall–Kier alpha value is -1.14. The number of benzene rings is 1. The summed E-state index contributed by atoms with van der Waals surface area (Å²) in [7, 11) is 1.89. The lowest BCUT2D eigenvalue weighted by Crippen LogP contribution is -2.04. The first-order valence-electron chi connectivity index (χ1n) is 5.36. The van der Waals surface area contributed by atoms with Crippen LogP contribution in [-0.4, -0.2) is 26.3 Å². The Morgan fingerprint density at radius 3 is 2.72 bits per heavy atom. The van der Waals surface area contributed by atoms with Crippen molar-refractivity contribution in [3.05, 3.63) is 40.1 Å². The monoisotopic (exact) mass is 325 g/mol. The summed E-state index contributed by atoms with van der Waals surface area (Å²) in [5, 5.41) is 8.73. The lowest BCUT2D eigenvalue weighted by Gasteiger charge is -2.03. The van der Waals surface area contributed by atoms with Crippen LogP contribution in [0.1, 0.15) is 16.2 Å². The van der Waals surface area contributed by atoms with Crippen LogP contribution in [0, 0.1) is 6.92 Å². The van der Waals surface area contributed by atoms with Crippen LogP contribution in [0.4, 0.5) is 0 Å². The molecule has 1 aromatic carbocycles. The maximum absolute atomic E-state index is 12.0. The number of aromatic nitrogens is 3. The Balaban J connectivity index is 2.05. The number of thioether (sulfide) groups is 1. The van der Waals surface area contributed by atoms with E-state index in [-0.39, 0.29) is 5.78 Å². The second-order valence-corrected chi connectivity index (χ2v) is 5.58. The predicted octanol–water partition coefficient (Wildman–Crippen LogP) is 2.86. The molecule has 94 valence electrons. The molecule has 0 unspecified atom stereocenters. The average molecular weight is 326 g/mol. The number of halogens is 1. The number of aryl methyl sites for hydroxylation is 1. The van der Waals surface area contributed by atoms with Crippen molar-refractivity contribution in [2.24, 2.45) is 7.05 Å². The standard InChI is InChI=1S/C12H12BrN3OS/c1-8-14-15-12(16(8)2)18-7-11(17)9-5-3-4-6-10(9)13/h3-6H,7H2,1-2H3. The summed E-state index contributed by atoms with van der Waals surface area (Å²) in [6, 6.07) is 7.43. The Morgan fingerprint density at radius 1 is 1.39 bits per heavy atom. The number of rotatable bonds is 4. The van der Waals surface area contributed by atoms with E-state index in [1.54, 1.807) is 0 Å². The molecular formula is C12H12BrN3OS. The fraction of sp³-hybridized carbons (Fsp3) is 0.250. The highest BCUT2D eigenvalue weighted by Gasteiger charge is 2.12. The van der Waals surface area contributed by atoms with Gasteiger partial charge < -0.3 is 4.57 Å². The van der Waals surface area contributed by atoms with E-state index < -0.39 is 0 Å². The van der Waals surface area contributed by atoms with Gasteiger partial charge in [0.2, 0.25) is 0 Å². The van der Waals surface area contributed by atoms with Gasteiger partial charge in [0.1, 0.15) is 5.82 Å². The first kappa shape index (κ1) is 13.3. The van der Waals surface area contributed by atoms with Gasteiger partial charge in [-0.05, 0) is 13.0 Å². The molecule has 1 heterocycles. The Bertz CT molecular complexity index is 582. The summed E-state index contributed by atoms with van der Waals surface area (Å²) in [5.41, 5.74) is 0.698. The SMILES string of the molecule is Cc1nnc(SCC(=O)c2ccccc2Br)n1C. The van der Waals surface area contributed by atoms with E-state index in [0.29, 0.717) is 11.3 Å². The highest BCUT2D eigenvalue weighted by Crippen LogP contribution is 2.21. The normalized spacial score (nSPS) is 10.6. The molecule has 0 fully saturated rings. The third-order valence-corrected chi connectivity index (χ3v) is 4.27. The van der Waals surface area contributed by atoms with Gasteiger partial charge in [-0.15, -0.1) is 10.2 Å². The number of carbonyl (C=O) groups is 1. The van der Waals surface area contributed by atoms with Crippen molar-refractivity contribution >= 4 is 33.5 Å². The lowest BCUT2D eigenvalue weighted by molar-refractivity contribution is 0.102. The summed E-state index contributed by atoms with van der Waals surface area (Å²) in [4.78, 5) is 12.0. The van der Waals surface area contributed by atoms with Crippen molar-refractivity contribution < 1.29 is 4.79 Å². The van der Waals surface area contributed by atoms with Gasteiger partial charge in [-0.3, -0.25) is 4.79 Å². The zero-order valence-electron chi connectivity index (χ0n) is 10.1. The molecule has 0 spiro atoms. The molecule has 0 amide bonds. The second-order valence-electron chi connectivity index (χ2n) is 3.78. The van der Waals surface area contributed by atoms with Gasteiger partial charge >= 0.3 is 0 Å². The Kier molecular flexibility index (Phi) is 4.19. The largest absolute Gasteiger partial charge is 0.309 e. The molecule has 2 aromatic rings. The first-order chi connectivity index (χ1) is 8.59. The highest BCUT2D eigenvalue weighted by molar-refractivity contribution is 9.10. The number of hydrogen-bond acceptors (Lipinski definition) is 4. The van der Waals surface area contributed by atoms with Crippen molar-refractivity contribution in [1.82, 2.24) is 14.8 Å². The molecule has 0 atom stereocenters. The third-order valence-electron chi connectivity index (χ3n) is 2.56. The molecule has 4 nitrogen and oxygen atoms in total. The molecule has 0 aliphatic rings. The van der Waals surface area contributed by atoms with Crippen LogP contribution in [0.3, 0.4) is 0 Å². The van der Waals surface area contributed by atoms with E-state index in [1.807, 2.05) is 42.8 Å². The summed E-state index contributed by atoms with van der Waals surface area (Å²) < 4.78 is 2.70. The van der Waals surface area contributed by atoms with Crippen LogP contribution < -0.4 is 0 Å². The number of hydrogen-bond donors (Lipinski definition) is 0. The van der Waals surface area contributed by atoms with Crippen molar-refractivity contribution in [2.45, 2.75) is 12.1 Å². The minimum absolute atomic E-state index is 0.0770. The molecule has 1 aromatic heterocycles. The summed E-state index contributed by atoms with van der Waals surface area (Å²) in [6.07, 6.45) is 0. The van der Waals surface area contributed by atoms with E-state index in [2.05, 4.69) is 26.1 Å². The zero-order valence-corrected chi connectivity index (χ0v) is 12.5. The fourth-order valence-corrected chi connectivity index (χ4v) is 2.75. The molecule has 0 aliphatic heterocycles. The number of ketones is 1. The lowest BCUT2D eigenvalue weighted by atomic mass is 10.1. The van der Waals surface area contributed by atoms with Gasteiger partial charge in [0.15, 0.2) is 10.9 Å². The summed E-state index contributed by atoms with van der Waals surface area (Å²) in [6.45, 7) is 1.88. The maximum atomic E-state index is 12.0. The molecule has 18 heavy (non-hydrogen) atoms. The van der Waals surface area contributed by atoms with E-state index in [1.165, 1.54) is 11.8 Å². The molecular weight excluding hydrogens is 314 g/mol. The van der Waals surface area contributed by atoms with Crippen LogP contribution in [0.2, 0.25) is 0 Å². The van der Waals surface area contributed by atoms with Crippen molar-refractivity contribution in [2.75, 3.05) is 5.75 Å². The van der Waals surface area contributed by atoms with Crippen LogP contribution in [0.25, 0.3) is 0 Å². The zero-order chi connectivity index (χ0) is 13.1. The molecule has 0 bridgehead atoms. The molecule has 0 aliphatic carbocycles.